The molecule has 1 rings (SSSR count). The van der Waals surface area contributed by atoms with E-state index in [9.17, 15) is 0 Å². The number of nitrogens with two attached hydrogens (primary N) is 1. The summed E-state index contributed by atoms with van der Waals surface area (Å²) in [6.07, 6.45) is 0. The van der Waals surface area contributed by atoms with Crippen molar-refractivity contribution in [1.29, 1.82) is 5.26 Å². The fraction of sp³-hybridized carbons (Fsp3) is 0.300. The van der Waals surface area contributed by atoms with E-state index in [0.717, 1.165) is 0 Å². The zero-order chi connectivity index (χ0) is 10.7. The Labute approximate surface area is 88.5 Å². The number of rotatable bonds is 2. The van der Waals surface area contributed by atoms with E-state index >= 15 is 0 Å². The van der Waals surface area contributed by atoms with E-state index in [0.29, 0.717) is 22.0 Å². The summed E-state index contributed by atoms with van der Waals surface area (Å²) >= 11 is 5.87. The fourth-order valence-electron chi connectivity index (χ4n) is 1.15. The van der Waals surface area contributed by atoms with Crippen LogP contribution in [0.15, 0.2) is 12.1 Å². The Hall–Kier alpha value is -1.40. The standard InChI is InChI=1S/C10H12ClN3/c1-6(2)14-10-7(5-12)8(11)3-4-9(10)13/h3-4,6,14H,13H2,1-2H3. The molecule has 0 aliphatic carbocycles. The Balaban J connectivity index is 3.25. The highest BCUT2D eigenvalue weighted by Gasteiger charge is 2.10. The summed E-state index contributed by atoms with van der Waals surface area (Å²) in [5.74, 6) is 0. The molecule has 0 atom stereocenters. The number of hydrogen-bond acceptors (Lipinski definition) is 3. The van der Waals surface area contributed by atoms with Gasteiger partial charge in [0, 0.05) is 6.04 Å². The number of nitriles is 1. The van der Waals surface area contributed by atoms with Crippen molar-refractivity contribution in [2.24, 2.45) is 0 Å². The number of nitrogens with zero attached hydrogens (tertiary/aromatic N) is 1. The molecular weight excluding hydrogens is 198 g/mol. The first-order chi connectivity index (χ1) is 6.56. The highest BCUT2D eigenvalue weighted by Crippen LogP contribution is 2.29. The smallest absolute Gasteiger partial charge is 0.103 e. The average Bonchev–Trinajstić information content (AvgIpc) is 2.11. The molecule has 0 amide bonds. The van der Waals surface area contributed by atoms with Crippen molar-refractivity contribution in [2.75, 3.05) is 11.1 Å². The van der Waals surface area contributed by atoms with Crippen LogP contribution in [0.25, 0.3) is 0 Å². The number of nitrogen functional groups attached to an aromatic ring is 1. The van der Waals surface area contributed by atoms with Gasteiger partial charge in [0.1, 0.15) is 6.07 Å². The molecule has 1 aromatic rings. The van der Waals surface area contributed by atoms with Gasteiger partial charge in [-0.15, -0.1) is 0 Å². The Kier molecular flexibility index (Phi) is 3.21. The van der Waals surface area contributed by atoms with Gasteiger partial charge in [-0.3, -0.25) is 0 Å². The van der Waals surface area contributed by atoms with Crippen LogP contribution in [-0.4, -0.2) is 6.04 Å². The van der Waals surface area contributed by atoms with Crippen LogP contribution in [0.1, 0.15) is 19.4 Å². The molecule has 0 heterocycles. The fourth-order valence-corrected chi connectivity index (χ4v) is 1.35. The van der Waals surface area contributed by atoms with Crippen LogP contribution < -0.4 is 11.1 Å². The topological polar surface area (TPSA) is 61.8 Å². The number of anilines is 2. The molecule has 0 radical (unpaired) electrons. The zero-order valence-corrected chi connectivity index (χ0v) is 8.89. The van der Waals surface area contributed by atoms with Gasteiger partial charge in [0.2, 0.25) is 0 Å². The molecule has 1 aromatic carbocycles. The van der Waals surface area contributed by atoms with Crippen molar-refractivity contribution in [2.45, 2.75) is 19.9 Å². The maximum atomic E-state index is 8.91. The van der Waals surface area contributed by atoms with Crippen LogP contribution >= 0.6 is 11.6 Å². The summed E-state index contributed by atoms with van der Waals surface area (Å²) < 4.78 is 0. The minimum absolute atomic E-state index is 0.211. The molecule has 3 nitrogen and oxygen atoms in total. The van der Waals surface area contributed by atoms with Crippen molar-refractivity contribution in [3.8, 4) is 6.07 Å². The largest absolute Gasteiger partial charge is 0.397 e. The van der Waals surface area contributed by atoms with E-state index in [2.05, 4.69) is 5.32 Å². The average molecular weight is 210 g/mol. The summed E-state index contributed by atoms with van der Waals surface area (Å²) in [4.78, 5) is 0. The molecule has 0 saturated carbocycles. The van der Waals surface area contributed by atoms with E-state index in [4.69, 9.17) is 22.6 Å². The molecule has 0 aliphatic heterocycles. The van der Waals surface area contributed by atoms with Crippen LogP contribution in [0.4, 0.5) is 11.4 Å². The molecule has 3 N–H and O–H groups in total. The minimum Gasteiger partial charge on any atom is -0.397 e. The third kappa shape index (κ3) is 2.09. The molecule has 0 spiro atoms. The van der Waals surface area contributed by atoms with Crippen LogP contribution in [0.3, 0.4) is 0 Å². The first-order valence-corrected chi connectivity index (χ1v) is 4.68. The van der Waals surface area contributed by atoms with Gasteiger partial charge >= 0.3 is 0 Å². The SMILES string of the molecule is CC(C)Nc1c(N)ccc(Cl)c1C#N. The highest BCUT2D eigenvalue weighted by atomic mass is 35.5. The molecule has 0 unspecified atom stereocenters. The van der Waals surface area contributed by atoms with Crippen LogP contribution in [0, 0.1) is 11.3 Å². The Morgan fingerprint density at radius 3 is 2.64 bits per heavy atom. The highest BCUT2D eigenvalue weighted by molar-refractivity contribution is 6.32. The lowest BCUT2D eigenvalue weighted by atomic mass is 10.1. The first-order valence-electron chi connectivity index (χ1n) is 4.31. The van der Waals surface area contributed by atoms with E-state index in [-0.39, 0.29) is 6.04 Å². The third-order valence-electron chi connectivity index (χ3n) is 1.73. The van der Waals surface area contributed by atoms with E-state index in [1.54, 1.807) is 12.1 Å². The van der Waals surface area contributed by atoms with Gasteiger partial charge in [-0.2, -0.15) is 5.26 Å². The second-order valence-corrected chi connectivity index (χ2v) is 3.70. The van der Waals surface area contributed by atoms with Gasteiger partial charge in [-0.25, -0.2) is 0 Å². The van der Waals surface area contributed by atoms with Crippen molar-refractivity contribution < 1.29 is 0 Å². The molecule has 0 saturated heterocycles. The van der Waals surface area contributed by atoms with Crippen LogP contribution in [0.2, 0.25) is 5.02 Å². The second kappa shape index (κ2) is 4.21. The summed E-state index contributed by atoms with van der Waals surface area (Å²) in [5, 5.41) is 12.4. The zero-order valence-electron chi connectivity index (χ0n) is 8.13. The van der Waals surface area contributed by atoms with Crippen LogP contribution in [-0.2, 0) is 0 Å². The van der Waals surface area contributed by atoms with Crippen LogP contribution in [0.5, 0.6) is 0 Å². The maximum Gasteiger partial charge on any atom is 0.103 e. The van der Waals surface area contributed by atoms with Crippen molar-refractivity contribution >= 4 is 23.0 Å². The number of benzene rings is 1. The van der Waals surface area contributed by atoms with Gasteiger partial charge in [-0.1, -0.05) is 11.6 Å². The predicted octanol–water partition coefficient (Wildman–Crippen LogP) is 2.61. The number of halogens is 1. The van der Waals surface area contributed by atoms with E-state index < -0.39 is 0 Å². The van der Waals surface area contributed by atoms with Gasteiger partial charge in [0.15, 0.2) is 0 Å². The third-order valence-corrected chi connectivity index (χ3v) is 2.05. The second-order valence-electron chi connectivity index (χ2n) is 3.30. The molecule has 74 valence electrons. The minimum atomic E-state index is 0.211. The molecule has 14 heavy (non-hydrogen) atoms. The molecule has 4 heteroatoms. The number of nitrogens with one attached hydrogen (secondary N) is 1. The summed E-state index contributed by atoms with van der Waals surface area (Å²) in [6, 6.07) is 5.56. The number of hydrogen-bond donors (Lipinski definition) is 2. The Morgan fingerprint density at radius 1 is 1.50 bits per heavy atom. The normalized spacial score (nSPS) is 9.93. The van der Waals surface area contributed by atoms with Gasteiger partial charge in [0.05, 0.1) is 22.0 Å². The van der Waals surface area contributed by atoms with E-state index in [1.165, 1.54) is 0 Å². The summed E-state index contributed by atoms with van der Waals surface area (Å²) in [7, 11) is 0. The lowest BCUT2D eigenvalue weighted by Crippen LogP contribution is -2.12. The predicted molar refractivity (Wildman–Crippen MR) is 59.3 cm³/mol. The Bertz CT molecular complexity index is 380. The molecule has 0 fully saturated rings. The first kappa shape index (κ1) is 10.7. The monoisotopic (exact) mass is 209 g/mol. The van der Waals surface area contributed by atoms with E-state index in [1.807, 2.05) is 19.9 Å². The van der Waals surface area contributed by atoms with Crippen molar-refractivity contribution in [3.63, 3.8) is 0 Å². The summed E-state index contributed by atoms with van der Waals surface area (Å²) in [6.45, 7) is 3.95. The van der Waals surface area contributed by atoms with Crippen molar-refractivity contribution in [3.05, 3.63) is 22.7 Å². The Morgan fingerprint density at radius 2 is 2.14 bits per heavy atom. The van der Waals surface area contributed by atoms with Gasteiger partial charge < -0.3 is 11.1 Å². The molecule has 0 bridgehead atoms. The molecule has 0 aliphatic rings. The molecule has 0 aromatic heterocycles. The van der Waals surface area contributed by atoms with Gasteiger partial charge in [0.25, 0.3) is 0 Å². The quantitative estimate of drug-likeness (QED) is 0.736. The summed E-state index contributed by atoms with van der Waals surface area (Å²) in [5.41, 5.74) is 7.31. The lowest BCUT2D eigenvalue weighted by molar-refractivity contribution is 0.899. The van der Waals surface area contributed by atoms with Crippen molar-refractivity contribution in [1.82, 2.24) is 0 Å². The maximum absolute atomic E-state index is 8.91. The lowest BCUT2D eigenvalue weighted by Gasteiger charge is -2.14. The van der Waals surface area contributed by atoms with Gasteiger partial charge in [-0.05, 0) is 26.0 Å². The molecular formula is C10H12ClN3.